The highest BCUT2D eigenvalue weighted by Gasteiger charge is 2.03. The predicted octanol–water partition coefficient (Wildman–Crippen LogP) is 2.50. The third kappa shape index (κ3) is 1.73. The molecule has 0 amide bonds. The molecule has 0 radical (unpaired) electrons. The Bertz CT molecular complexity index is 457. The van der Waals surface area contributed by atoms with E-state index in [1.165, 1.54) is 5.69 Å². The number of ether oxygens (including phenoxy) is 1. The molecule has 0 atom stereocenters. The Morgan fingerprint density at radius 2 is 1.80 bits per heavy atom. The van der Waals surface area contributed by atoms with Gasteiger partial charge in [-0.3, -0.25) is 0 Å². The summed E-state index contributed by atoms with van der Waals surface area (Å²) >= 11 is 0. The zero-order valence-electron chi connectivity index (χ0n) is 9.19. The molecule has 1 aromatic heterocycles. The zero-order chi connectivity index (χ0) is 10.8. The SMILES string of the molecule is COc1ccc(-n2cnc(C)c2C)cc1. The molecule has 78 valence electrons. The maximum absolute atomic E-state index is 5.12. The molecule has 0 aliphatic carbocycles. The first-order valence-corrected chi connectivity index (χ1v) is 4.87. The van der Waals surface area contributed by atoms with Crippen LogP contribution in [0.1, 0.15) is 11.4 Å². The van der Waals surface area contributed by atoms with E-state index in [2.05, 4.69) is 16.5 Å². The van der Waals surface area contributed by atoms with Crippen LogP contribution in [0, 0.1) is 13.8 Å². The third-order valence-corrected chi connectivity index (χ3v) is 2.60. The van der Waals surface area contributed by atoms with Gasteiger partial charge in [0, 0.05) is 11.4 Å². The smallest absolute Gasteiger partial charge is 0.119 e. The molecule has 15 heavy (non-hydrogen) atoms. The van der Waals surface area contributed by atoms with Gasteiger partial charge in [-0.25, -0.2) is 4.98 Å². The highest BCUT2D eigenvalue weighted by Crippen LogP contribution is 2.17. The molecule has 0 bridgehead atoms. The quantitative estimate of drug-likeness (QED) is 0.748. The topological polar surface area (TPSA) is 27.1 Å². The number of imidazole rings is 1. The van der Waals surface area contributed by atoms with Crippen molar-refractivity contribution in [1.29, 1.82) is 0 Å². The highest BCUT2D eigenvalue weighted by atomic mass is 16.5. The maximum atomic E-state index is 5.12. The molecule has 0 aliphatic heterocycles. The molecular weight excluding hydrogens is 188 g/mol. The van der Waals surface area contributed by atoms with Crippen LogP contribution >= 0.6 is 0 Å². The van der Waals surface area contributed by atoms with E-state index in [0.717, 1.165) is 17.1 Å². The maximum Gasteiger partial charge on any atom is 0.119 e. The van der Waals surface area contributed by atoms with Crippen LogP contribution in [0.15, 0.2) is 30.6 Å². The Hall–Kier alpha value is -1.77. The first-order chi connectivity index (χ1) is 7.22. The molecule has 1 aromatic carbocycles. The van der Waals surface area contributed by atoms with E-state index in [1.807, 2.05) is 37.5 Å². The van der Waals surface area contributed by atoms with Crippen molar-refractivity contribution in [3.63, 3.8) is 0 Å². The number of benzene rings is 1. The number of hydrogen-bond donors (Lipinski definition) is 0. The second-order valence-electron chi connectivity index (χ2n) is 3.48. The van der Waals surface area contributed by atoms with Crippen LogP contribution in [0.5, 0.6) is 5.75 Å². The summed E-state index contributed by atoms with van der Waals surface area (Å²) in [5.41, 5.74) is 3.33. The lowest BCUT2D eigenvalue weighted by atomic mass is 10.3. The van der Waals surface area contributed by atoms with Crippen LogP contribution in [0.2, 0.25) is 0 Å². The summed E-state index contributed by atoms with van der Waals surface area (Å²) in [5.74, 6) is 0.869. The Kier molecular flexibility index (Phi) is 2.46. The van der Waals surface area contributed by atoms with E-state index in [0.29, 0.717) is 0 Å². The van der Waals surface area contributed by atoms with Gasteiger partial charge < -0.3 is 9.30 Å². The van der Waals surface area contributed by atoms with Gasteiger partial charge in [-0.05, 0) is 38.1 Å². The summed E-state index contributed by atoms with van der Waals surface area (Å²) in [6.07, 6.45) is 1.84. The van der Waals surface area contributed by atoms with Crippen LogP contribution < -0.4 is 4.74 Å². The lowest BCUT2D eigenvalue weighted by Gasteiger charge is -2.06. The molecule has 3 nitrogen and oxygen atoms in total. The van der Waals surface area contributed by atoms with E-state index in [9.17, 15) is 0 Å². The van der Waals surface area contributed by atoms with Crippen molar-refractivity contribution < 1.29 is 4.74 Å². The van der Waals surface area contributed by atoms with Gasteiger partial charge in [0.05, 0.1) is 19.1 Å². The average molecular weight is 202 g/mol. The van der Waals surface area contributed by atoms with Gasteiger partial charge in [-0.1, -0.05) is 0 Å². The third-order valence-electron chi connectivity index (χ3n) is 2.60. The Balaban J connectivity index is 2.41. The van der Waals surface area contributed by atoms with Gasteiger partial charge >= 0.3 is 0 Å². The average Bonchev–Trinajstić information content (AvgIpc) is 2.60. The number of nitrogens with zero attached hydrogens (tertiary/aromatic N) is 2. The fourth-order valence-electron chi connectivity index (χ4n) is 1.50. The van der Waals surface area contributed by atoms with Crippen LogP contribution in [0.3, 0.4) is 0 Å². The molecule has 0 fully saturated rings. The van der Waals surface area contributed by atoms with Crippen LogP contribution in [-0.2, 0) is 0 Å². The van der Waals surface area contributed by atoms with Crippen molar-refractivity contribution in [1.82, 2.24) is 9.55 Å². The molecular formula is C12H14N2O. The minimum absolute atomic E-state index is 0.869. The van der Waals surface area contributed by atoms with E-state index in [4.69, 9.17) is 4.74 Å². The number of methoxy groups -OCH3 is 1. The number of aryl methyl sites for hydroxylation is 1. The van der Waals surface area contributed by atoms with Gasteiger partial charge in [0.25, 0.3) is 0 Å². The summed E-state index contributed by atoms with van der Waals surface area (Å²) < 4.78 is 7.18. The Labute approximate surface area is 89.3 Å². The Morgan fingerprint density at radius 3 is 2.27 bits per heavy atom. The van der Waals surface area contributed by atoms with Crippen LogP contribution in [-0.4, -0.2) is 16.7 Å². The summed E-state index contributed by atoms with van der Waals surface area (Å²) in [4.78, 5) is 4.27. The normalized spacial score (nSPS) is 10.3. The lowest BCUT2D eigenvalue weighted by Crippen LogP contribution is -1.95. The molecule has 0 spiro atoms. The second kappa shape index (κ2) is 3.77. The van der Waals surface area contributed by atoms with E-state index < -0.39 is 0 Å². The van der Waals surface area contributed by atoms with Gasteiger partial charge in [-0.2, -0.15) is 0 Å². The van der Waals surface area contributed by atoms with Gasteiger partial charge in [0.1, 0.15) is 5.75 Å². The molecule has 0 saturated heterocycles. The molecule has 0 saturated carbocycles. The highest BCUT2D eigenvalue weighted by molar-refractivity contribution is 5.39. The fraction of sp³-hybridized carbons (Fsp3) is 0.250. The summed E-state index contributed by atoms with van der Waals surface area (Å²) in [7, 11) is 1.67. The largest absolute Gasteiger partial charge is 0.497 e. The molecule has 2 rings (SSSR count). The molecule has 0 aliphatic rings. The van der Waals surface area contributed by atoms with Crippen LogP contribution in [0.4, 0.5) is 0 Å². The minimum atomic E-state index is 0.869. The van der Waals surface area contributed by atoms with Crippen molar-refractivity contribution in [2.75, 3.05) is 7.11 Å². The predicted molar refractivity (Wildman–Crippen MR) is 59.6 cm³/mol. The fourth-order valence-corrected chi connectivity index (χ4v) is 1.50. The lowest BCUT2D eigenvalue weighted by molar-refractivity contribution is 0.414. The van der Waals surface area contributed by atoms with Gasteiger partial charge in [0.2, 0.25) is 0 Å². The Morgan fingerprint density at radius 1 is 1.13 bits per heavy atom. The summed E-state index contributed by atoms with van der Waals surface area (Å²) in [5, 5.41) is 0. The standard InChI is InChI=1S/C12H14N2O/c1-9-10(2)14(8-13-9)11-4-6-12(15-3)7-5-11/h4-8H,1-3H3. The molecule has 2 aromatic rings. The summed E-state index contributed by atoms with van der Waals surface area (Å²) in [6.45, 7) is 4.07. The summed E-state index contributed by atoms with van der Waals surface area (Å²) in [6, 6.07) is 7.94. The van der Waals surface area contributed by atoms with Crippen molar-refractivity contribution in [2.45, 2.75) is 13.8 Å². The molecule has 0 N–H and O–H groups in total. The van der Waals surface area contributed by atoms with E-state index in [1.54, 1.807) is 7.11 Å². The molecule has 0 unspecified atom stereocenters. The van der Waals surface area contributed by atoms with Crippen molar-refractivity contribution in [3.05, 3.63) is 42.0 Å². The van der Waals surface area contributed by atoms with Crippen molar-refractivity contribution in [2.24, 2.45) is 0 Å². The monoisotopic (exact) mass is 202 g/mol. The van der Waals surface area contributed by atoms with E-state index >= 15 is 0 Å². The first-order valence-electron chi connectivity index (χ1n) is 4.87. The van der Waals surface area contributed by atoms with Crippen molar-refractivity contribution in [3.8, 4) is 11.4 Å². The van der Waals surface area contributed by atoms with E-state index in [-0.39, 0.29) is 0 Å². The van der Waals surface area contributed by atoms with Crippen molar-refractivity contribution >= 4 is 0 Å². The van der Waals surface area contributed by atoms with Gasteiger partial charge in [-0.15, -0.1) is 0 Å². The molecule has 1 heterocycles. The number of aromatic nitrogens is 2. The number of rotatable bonds is 2. The minimum Gasteiger partial charge on any atom is -0.497 e. The van der Waals surface area contributed by atoms with Gasteiger partial charge in [0.15, 0.2) is 0 Å². The first kappa shape index (κ1) is 9.77. The number of hydrogen-bond acceptors (Lipinski definition) is 2. The second-order valence-corrected chi connectivity index (χ2v) is 3.48. The zero-order valence-corrected chi connectivity index (χ0v) is 9.19. The van der Waals surface area contributed by atoms with Crippen LogP contribution in [0.25, 0.3) is 5.69 Å². The molecule has 3 heteroatoms.